The highest BCUT2D eigenvalue weighted by Gasteiger charge is 2.27. The maximum Gasteiger partial charge on any atom is 0.410 e. The Hall–Kier alpha value is -2.58. The van der Waals surface area contributed by atoms with Crippen LogP contribution in [-0.4, -0.2) is 65.3 Å². The van der Waals surface area contributed by atoms with Crippen molar-refractivity contribution >= 4 is 17.9 Å². The molecule has 2 heterocycles. The van der Waals surface area contributed by atoms with Gasteiger partial charge in [0.05, 0.1) is 6.61 Å². The molecule has 0 aliphatic carbocycles. The van der Waals surface area contributed by atoms with Crippen LogP contribution >= 0.6 is 0 Å². The predicted octanol–water partition coefficient (Wildman–Crippen LogP) is 1.03. The monoisotopic (exact) mass is 351 g/mol. The van der Waals surface area contributed by atoms with Crippen LogP contribution < -0.4 is 15.4 Å². The molecule has 0 unspecified atom stereocenters. The molecule has 1 fully saturated rings. The van der Waals surface area contributed by atoms with Gasteiger partial charge in [0.25, 0.3) is 5.91 Å². The highest BCUT2D eigenvalue weighted by molar-refractivity contribution is 5.94. The van der Waals surface area contributed by atoms with Crippen molar-refractivity contribution in [2.75, 3.05) is 37.7 Å². The summed E-state index contributed by atoms with van der Waals surface area (Å²) in [5.74, 6) is -0.0170. The van der Waals surface area contributed by atoms with Crippen molar-refractivity contribution < 1.29 is 19.1 Å². The molecule has 0 saturated carbocycles. The molecule has 0 spiro atoms. The average Bonchev–Trinajstić information content (AvgIpc) is 2.53. The Morgan fingerprint density at radius 1 is 1.24 bits per heavy atom. The number of aromatic nitrogens is 2. The second-order valence-corrected chi connectivity index (χ2v) is 6.64. The number of piperazine rings is 1. The van der Waals surface area contributed by atoms with Crippen LogP contribution in [0, 0.1) is 0 Å². The second-order valence-electron chi connectivity index (χ2n) is 6.64. The van der Waals surface area contributed by atoms with Crippen molar-refractivity contribution in [3.63, 3.8) is 0 Å². The standard InChI is InChI=1S/C16H25N5O4/c1-5-24-13-11(12(17)22)10-18-14(19-13)20-6-8-21(9-7-20)15(23)25-16(2,3)4/h10H,5-9H2,1-4H3,(H2,17,22). The third kappa shape index (κ3) is 4.94. The summed E-state index contributed by atoms with van der Waals surface area (Å²) in [6, 6.07) is 0. The minimum atomic E-state index is -0.634. The van der Waals surface area contributed by atoms with E-state index in [1.165, 1.54) is 6.20 Å². The number of hydrogen-bond acceptors (Lipinski definition) is 7. The SMILES string of the molecule is CCOc1nc(N2CCN(C(=O)OC(C)(C)C)CC2)ncc1C(N)=O. The lowest BCUT2D eigenvalue weighted by atomic mass is 10.2. The van der Waals surface area contributed by atoms with Gasteiger partial charge < -0.3 is 25.0 Å². The summed E-state index contributed by atoms with van der Waals surface area (Å²) in [5, 5.41) is 0. The predicted molar refractivity (Wildman–Crippen MR) is 91.7 cm³/mol. The molecule has 1 saturated heterocycles. The average molecular weight is 351 g/mol. The van der Waals surface area contributed by atoms with E-state index >= 15 is 0 Å². The molecule has 2 amide bonds. The Kier molecular flexibility index (Phi) is 5.66. The van der Waals surface area contributed by atoms with Crippen molar-refractivity contribution in [2.45, 2.75) is 33.3 Å². The van der Waals surface area contributed by atoms with Crippen LogP contribution in [0.1, 0.15) is 38.1 Å². The van der Waals surface area contributed by atoms with Crippen LogP contribution in [0.2, 0.25) is 0 Å². The first-order chi connectivity index (χ1) is 11.7. The number of carbonyl (C=O) groups excluding carboxylic acids is 2. The molecule has 0 aromatic carbocycles. The van der Waals surface area contributed by atoms with E-state index in [0.29, 0.717) is 38.7 Å². The molecule has 25 heavy (non-hydrogen) atoms. The fourth-order valence-electron chi connectivity index (χ4n) is 2.34. The van der Waals surface area contributed by atoms with Gasteiger partial charge in [-0.25, -0.2) is 9.78 Å². The lowest BCUT2D eigenvalue weighted by molar-refractivity contribution is 0.0240. The van der Waals surface area contributed by atoms with Gasteiger partial charge >= 0.3 is 6.09 Å². The molecule has 9 nitrogen and oxygen atoms in total. The number of hydrogen-bond donors (Lipinski definition) is 1. The summed E-state index contributed by atoms with van der Waals surface area (Å²) in [5.41, 5.74) is 4.94. The van der Waals surface area contributed by atoms with Crippen molar-refractivity contribution in [1.29, 1.82) is 0 Å². The molecule has 2 N–H and O–H groups in total. The number of primary amides is 1. The largest absolute Gasteiger partial charge is 0.477 e. The van der Waals surface area contributed by atoms with Gasteiger partial charge in [-0.1, -0.05) is 0 Å². The van der Waals surface area contributed by atoms with Gasteiger partial charge in [0.15, 0.2) is 0 Å². The van der Waals surface area contributed by atoms with Crippen molar-refractivity contribution in [2.24, 2.45) is 5.73 Å². The third-order valence-electron chi connectivity index (χ3n) is 3.50. The third-order valence-corrected chi connectivity index (χ3v) is 3.50. The topological polar surface area (TPSA) is 111 Å². The Bertz CT molecular complexity index is 636. The molecule has 138 valence electrons. The first kappa shape index (κ1) is 18.8. The van der Waals surface area contributed by atoms with Crippen LogP contribution in [0.3, 0.4) is 0 Å². The number of ether oxygens (including phenoxy) is 2. The quantitative estimate of drug-likeness (QED) is 0.862. The molecule has 0 radical (unpaired) electrons. The Labute approximate surface area is 147 Å². The smallest absolute Gasteiger partial charge is 0.410 e. The zero-order valence-corrected chi connectivity index (χ0v) is 15.1. The normalized spacial score (nSPS) is 15.0. The molecular weight excluding hydrogens is 326 g/mol. The van der Waals surface area contributed by atoms with Crippen LogP contribution in [0.4, 0.5) is 10.7 Å². The summed E-state index contributed by atoms with van der Waals surface area (Å²) in [6.45, 7) is 9.79. The highest BCUT2D eigenvalue weighted by Crippen LogP contribution is 2.20. The second kappa shape index (κ2) is 7.54. The van der Waals surface area contributed by atoms with Crippen LogP contribution in [-0.2, 0) is 4.74 Å². The maximum absolute atomic E-state index is 12.1. The van der Waals surface area contributed by atoms with E-state index in [-0.39, 0.29) is 17.5 Å². The molecule has 2 rings (SSSR count). The van der Waals surface area contributed by atoms with Gasteiger partial charge in [0.1, 0.15) is 11.2 Å². The van der Waals surface area contributed by atoms with E-state index in [1.54, 1.807) is 11.8 Å². The number of amides is 2. The summed E-state index contributed by atoms with van der Waals surface area (Å²) in [6.07, 6.45) is 1.04. The number of rotatable bonds is 4. The van der Waals surface area contributed by atoms with Gasteiger partial charge in [-0.2, -0.15) is 4.98 Å². The lowest BCUT2D eigenvalue weighted by Gasteiger charge is -2.35. The van der Waals surface area contributed by atoms with Gasteiger partial charge in [0.2, 0.25) is 11.8 Å². The zero-order chi connectivity index (χ0) is 18.6. The van der Waals surface area contributed by atoms with Crippen LogP contribution in [0.15, 0.2) is 6.20 Å². The molecule has 1 aromatic heterocycles. The fraction of sp³-hybridized carbons (Fsp3) is 0.625. The minimum absolute atomic E-state index is 0.151. The fourth-order valence-corrected chi connectivity index (χ4v) is 2.34. The zero-order valence-electron chi connectivity index (χ0n) is 15.1. The Morgan fingerprint density at radius 2 is 1.88 bits per heavy atom. The number of anilines is 1. The van der Waals surface area contributed by atoms with E-state index in [0.717, 1.165) is 0 Å². The molecule has 1 aromatic rings. The molecular formula is C16H25N5O4. The first-order valence-electron chi connectivity index (χ1n) is 8.23. The molecule has 0 bridgehead atoms. The van der Waals surface area contributed by atoms with Gasteiger partial charge in [0, 0.05) is 32.4 Å². The first-order valence-corrected chi connectivity index (χ1v) is 8.23. The van der Waals surface area contributed by atoms with E-state index in [9.17, 15) is 9.59 Å². The summed E-state index contributed by atoms with van der Waals surface area (Å²) < 4.78 is 10.8. The molecule has 1 aliphatic rings. The van der Waals surface area contributed by atoms with E-state index in [2.05, 4.69) is 9.97 Å². The van der Waals surface area contributed by atoms with Crippen molar-refractivity contribution in [3.8, 4) is 5.88 Å². The van der Waals surface area contributed by atoms with Gasteiger partial charge in [-0.05, 0) is 27.7 Å². The van der Waals surface area contributed by atoms with Crippen molar-refractivity contribution in [3.05, 3.63) is 11.8 Å². The van der Waals surface area contributed by atoms with Crippen LogP contribution in [0.5, 0.6) is 5.88 Å². The maximum atomic E-state index is 12.1. The number of nitrogens with zero attached hydrogens (tertiary/aromatic N) is 4. The van der Waals surface area contributed by atoms with E-state index < -0.39 is 11.5 Å². The molecule has 1 aliphatic heterocycles. The van der Waals surface area contributed by atoms with Crippen LogP contribution in [0.25, 0.3) is 0 Å². The van der Waals surface area contributed by atoms with Gasteiger partial charge in [-0.3, -0.25) is 4.79 Å². The summed E-state index contributed by atoms with van der Waals surface area (Å²) >= 11 is 0. The van der Waals surface area contributed by atoms with E-state index in [1.807, 2.05) is 25.7 Å². The van der Waals surface area contributed by atoms with Gasteiger partial charge in [-0.15, -0.1) is 0 Å². The molecule has 0 atom stereocenters. The molecule has 9 heteroatoms. The number of carbonyl (C=O) groups is 2. The Balaban J connectivity index is 2.04. The summed E-state index contributed by atoms with van der Waals surface area (Å²) in [7, 11) is 0. The minimum Gasteiger partial charge on any atom is -0.477 e. The number of nitrogens with two attached hydrogens (primary N) is 1. The highest BCUT2D eigenvalue weighted by atomic mass is 16.6. The van der Waals surface area contributed by atoms with Crippen molar-refractivity contribution in [1.82, 2.24) is 14.9 Å². The van der Waals surface area contributed by atoms with E-state index in [4.69, 9.17) is 15.2 Å². The lowest BCUT2D eigenvalue weighted by Crippen LogP contribution is -2.50. The Morgan fingerprint density at radius 3 is 2.40 bits per heavy atom. The summed E-state index contributed by atoms with van der Waals surface area (Å²) in [4.78, 5) is 35.6.